The molecule has 0 N–H and O–H groups in total. The minimum absolute atomic E-state index is 0.125. The molecule has 6 rings (SSSR count). The number of rotatable bonds is 8. The molecule has 10 nitrogen and oxygen atoms in total. The van der Waals surface area contributed by atoms with E-state index in [1.54, 1.807) is 55.6 Å². The van der Waals surface area contributed by atoms with Crippen LogP contribution in [-0.2, 0) is 6.61 Å². The van der Waals surface area contributed by atoms with Gasteiger partial charge in [0.1, 0.15) is 17.9 Å². The zero-order valence-electron chi connectivity index (χ0n) is 22.7. The van der Waals surface area contributed by atoms with Gasteiger partial charge in [-0.1, -0.05) is 48.0 Å². The third kappa shape index (κ3) is 5.08. The van der Waals surface area contributed by atoms with E-state index in [1.807, 2.05) is 37.3 Å². The Morgan fingerprint density at radius 2 is 1.81 bits per heavy atom. The molecular weight excluding hydrogens is 536 g/mol. The highest BCUT2D eigenvalue weighted by molar-refractivity contribution is 5.88. The van der Waals surface area contributed by atoms with Crippen molar-refractivity contribution in [1.82, 2.24) is 9.66 Å². The Balaban J connectivity index is 1.40. The lowest BCUT2D eigenvalue weighted by Gasteiger charge is -2.09. The Morgan fingerprint density at radius 3 is 2.62 bits per heavy atom. The maximum absolute atomic E-state index is 13.6. The van der Waals surface area contributed by atoms with Crippen LogP contribution in [0, 0.1) is 17.0 Å². The fraction of sp³-hybridized carbons (Fsp3) is 0.0938. The molecule has 208 valence electrons. The zero-order valence-corrected chi connectivity index (χ0v) is 22.7. The number of hydrogen-bond donors (Lipinski definition) is 0. The highest BCUT2D eigenvalue weighted by Crippen LogP contribution is 2.33. The predicted octanol–water partition coefficient (Wildman–Crippen LogP) is 6.50. The Morgan fingerprint density at radius 1 is 0.976 bits per heavy atom. The van der Waals surface area contributed by atoms with Crippen molar-refractivity contribution in [1.29, 1.82) is 0 Å². The summed E-state index contributed by atoms with van der Waals surface area (Å²) in [7, 11) is 1.56. The molecule has 0 fully saturated rings. The fourth-order valence-corrected chi connectivity index (χ4v) is 4.68. The van der Waals surface area contributed by atoms with E-state index in [1.165, 1.54) is 18.3 Å². The van der Waals surface area contributed by atoms with Crippen LogP contribution in [0.5, 0.6) is 11.5 Å². The van der Waals surface area contributed by atoms with Gasteiger partial charge < -0.3 is 13.9 Å². The quantitative estimate of drug-likeness (QED) is 0.118. The molecule has 0 amide bonds. The Bertz CT molecular complexity index is 2060. The molecule has 0 saturated heterocycles. The summed E-state index contributed by atoms with van der Waals surface area (Å²) in [5, 5.41) is 17.4. The van der Waals surface area contributed by atoms with Crippen LogP contribution in [0.3, 0.4) is 0 Å². The molecule has 0 atom stereocenters. The van der Waals surface area contributed by atoms with Gasteiger partial charge in [-0.05, 0) is 55.0 Å². The van der Waals surface area contributed by atoms with Crippen LogP contribution in [0.4, 0.5) is 5.69 Å². The van der Waals surface area contributed by atoms with E-state index >= 15 is 0 Å². The maximum Gasteiger partial charge on any atom is 0.311 e. The second kappa shape index (κ2) is 11.0. The number of ether oxygens (including phenoxy) is 2. The number of nitrogens with zero attached hydrogens (tertiary/aromatic N) is 4. The summed E-state index contributed by atoms with van der Waals surface area (Å²) in [6.07, 6.45) is 1.36. The molecule has 42 heavy (non-hydrogen) atoms. The maximum atomic E-state index is 13.6. The molecular formula is C32H24N4O6. The third-order valence-electron chi connectivity index (χ3n) is 6.69. The van der Waals surface area contributed by atoms with Gasteiger partial charge in [0.25, 0.3) is 5.56 Å². The van der Waals surface area contributed by atoms with Crippen LogP contribution >= 0.6 is 0 Å². The zero-order chi connectivity index (χ0) is 29.2. The van der Waals surface area contributed by atoms with Gasteiger partial charge in [-0.3, -0.25) is 14.9 Å². The second-order valence-corrected chi connectivity index (χ2v) is 9.56. The third-order valence-corrected chi connectivity index (χ3v) is 6.69. The van der Waals surface area contributed by atoms with E-state index in [9.17, 15) is 14.9 Å². The molecule has 0 spiro atoms. The summed E-state index contributed by atoms with van der Waals surface area (Å²) < 4.78 is 18.4. The van der Waals surface area contributed by atoms with E-state index < -0.39 is 10.5 Å². The fourth-order valence-electron chi connectivity index (χ4n) is 4.68. The summed E-state index contributed by atoms with van der Waals surface area (Å²) in [5.74, 6) is 1.21. The first-order valence-electron chi connectivity index (χ1n) is 13.0. The number of aryl methyl sites for hydroxylation is 1. The average Bonchev–Trinajstić information content (AvgIpc) is 3.44. The number of nitro benzene ring substituents is 1. The van der Waals surface area contributed by atoms with E-state index in [0.29, 0.717) is 38.9 Å². The summed E-state index contributed by atoms with van der Waals surface area (Å²) in [6.45, 7) is 2.15. The number of fused-ring (bicyclic) bond motifs is 2. The Labute approximate surface area is 239 Å². The van der Waals surface area contributed by atoms with Crippen LogP contribution in [-0.4, -0.2) is 27.9 Å². The number of hydrogen-bond acceptors (Lipinski definition) is 8. The topological polar surface area (TPSA) is 122 Å². The molecule has 2 heterocycles. The van der Waals surface area contributed by atoms with Gasteiger partial charge in [-0.15, -0.1) is 0 Å². The number of nitro groups is 1. The first-order chi connectivity index (χ1) is 20.4. The molecule has 6 aromatic rings. The summed E-state index contributed by atoms with van der Waals surface area (Å²) in [5.41, 5.74) is 2.74. The van der Waals surface area contributed by atoms with Gasteiger partial charge in [-0.25, -0.2) is 4.98 Å². The molecule has 0 bridgehead atoms. The van der Waals surface area contributed by atoms with Gasteiger partial charge >= 0.3 is 5.69 Å². The van der Waals surface area contributed by atoms with E-state index in [-0.39, 0.29) is 23.9 Å². The van der Waals surface area contributed by atoms with Crippen LogP contribution < -0.4 is 15.0 Å². The van der Waals surface area contributed by atoms with Gasteiger partial charge in [0, 0.05) is 11.6 Å². The van der Waals surface area contributed by atoms with Gasteiger partial charge in [0.2, 0.25) is 5.82 Å². The first kappa shape index (κ1) is 26.5. The van der Waals surface area contributed by atoms with Crippen molar-refractivity contribution in [3.63, 3.8) is 0 Å². The predicted molar refractivity (Wildman–Crippen MR) is 159 cm³/mol. The first-order valence-corrected chi connectivity index (χ1v) is 13.0. The number of methoxy groups -OCH3 is 1. The van der Waals surface area contributed by atoms with E-state index in [2.05, 4.69) is 10.1 Å². The van der Waals surface area contributed by atoms with Gasteiger partial charge in [0.15, 0.2) is 11.5 Å². The molecule has 0 aliphatic rings. The van der Waals surface area contributed by atoms with Crippen LogP contribution in [0.1, 0.15) is 16.7 Å². The standard InChI is InChI=1S/C32H24N4O6/c1-20-7-5-8-22(15-20)19-41-29-14-13-21(16-26(29)36(38)39)18-33-35-31(34-25-10-4-3-9-23(25)32(35)37)30-17-24-27(40-2)11-6-12-28(24)42-30/h3-18H,19H2,1-2H3. The summed E-state index contributed by atoms with van der Waals surface area (Å²) in [6, 6.07) is 26.3. The average molecular weight is 561 g/mol. The van der Waals surface area contributed by atoms with Crippen molar-refractivity contribution in [3.05, 3.63) is 128 Å². The minimum atomic E-state index is -0.514. The lowest BCUT2D eigenvalue weighted by molar-refractivity contribution is -0.385. The lowest BCUT2D eigenvalue weighted by atomic mass is 10.1. The molecule has 0 aliphatic heterocycles. The SMILES string of the molecule is COc1cccc2oc(-c3nc4ccccc4c(=O)n3N=Cc3ccc(OCc4cccc(C)c4)c([N+](=O)[O-])c3)cc12. The molecule has 0 saturated carbocycles. The molecule has 0 radical (unpaired) electrons. The number of benzene rings is 4. The van der Waals surface area contributed by atoms with Gasteiger partial charge in [-0.2, -0.15) is 9.78 Å². The number of furan rings is 1. The lowest BCUT2D eigenvalue weighted by Crippen LogP contribution is -2.20. The molecule has 10 heteroatoms. The van der Waals surface area contributed by atoms with Crippen molar-refractivity contribution in [2.24, 2.45) is 5.10 Å². The summed E-state index contributed by atoms with van der Waals surface area (Å²) in [4.78, 5) is 29.6. The van der Waals surface area contributed by atoms with Crippen molar-refractivity contribution in [2.75, 3.05) is 7.11 Å². The van der Waals surface area contributed by atoms with Crippen molar-refractivity contribution >= 4 is 33.8 Å². The molecule has 4 aromatic carbocycles. The highest BCUT2D eigenvalue weighted by atomic mass is 16.6. The monoisotopic (exact) mass is 560 g/mol. The second-order valence-electron chi connectivity index (χ2n) is 9.56. The van der Waals surface area contributed by atoms with Crippen LogP contribution in [0.2, 0.25) is 0 Å². The number of aromatic nitrogens is 2. The smallest absolute Gasteiger partial charge is 0.311 e. The van der Waals surface area contributed by atoms with E-state index in [0.717, 1.165) is 15.8 Å². The Hall–Kier alpha value is -5.77. The molecule has 0 aliphatic carbocycles. The van der Waals surface area contributed by atoms with E-state index in [4.69, 9.17) is 13.9 Å². The molecule has 0 unspecified atom stereocenters. The van der Waals surface area contributed by atoms with Crippen molar-refractivity contribution in [3.8, 4) is 23.1 Å². The van der Waals surface area contributed by atoms with Crippen molar-refractivity contribution < 1.29 is 18.8 Å². The molecule has 2 aromatic heterocycles. The summed E-state index contributed by atoms with van der Waals surface area (Å²) >= 11 is 0. The van der Waals surface area contributed by atoms with Crippen molar-refractivity contribution in [2.45, 2.75) is 13.5 Å². The number of para-hydroxylation sites is 1. The largest absolute Gasteiger partial charge is 0.496 e. The van der Waals surface area contributed by atoms with Crippen LogP contribution in [0.15, 0.2) is 105 Å². The van der Waals surface area contributed by atoms with Crippen LogP contribution in [0.25, 0.3) is 33.5 Å². The highest BCUT2D eigenvalue weighted by Gasteiger charge is 2.19. The normalized spacial score (nSPS) is 11.4. The minimum Gasteiger partial charge on any atom is -0.496 e. The van der Waals surface area contributed by atoms with Gasteiger partial charge in [0.05, 0.1) is 34.5 Å². The Kier molecular flexibility index (Phi) is 6.93.